The number of halogens is 1. The second-order valence-electron chi connectivity index (χ2n) is 4.62. The molecule has 0 atom stereocenters. The zero-order chi connectivity index (χ0) is 14.1. The smallest absolute Gasteiger partial charge is 0.257 e. The number of amides is 1. The van der Waals surface area contributed by atoms with E-state index in [2.05, 4.69) is 10.3 Å². The molecule has 0 spiro atoms. The lowest BCUT2D eigenvalue weighted by Gasteiger charge is -2.27. The first-order valence-corrected chi connectivity index (χ1v) is 7.25. The first-order chi connectivity index (χ1) is 9.70. The van der Waals surface area contributed by atoms with E-state index >= 15 is 0 Å². The van der Waals surface area contributed by atoms with Crippen LogP contribution in [0.15, 0.2) is 23.7 Å². The molecule has 1 N–H and O–H groups in total. The van der Waals surface area contributed by atoms with Crippen LogP contribution in [0.2, 0.25) is 0 Å². The minimum absolute atomic E-state index is 0.0722. The van der Waals surface area contributed by atoms with Gasteiger partial charge in [-0.05, 0) is 29.5 Å². The molecule has 0 unspecified atom stereocenters. The van der Waals surface area contributed by atoms with E-state index in [9.17, 15) is 9.18 Å². The molecule has 0 saturated carbocycles. The van der Waals surface area contributed by atoms with E-state index in [1.54, 1.807) is 23.3 Å². The highest BCUT2D eigenvalue weighted by Gasteiger charge is 2.25. The van der Waals surface area contributed by atoms with Crippen molar-refractivity contribution < 1.29 is 9.18 Å². The van der Waals surface area contributed by atoms with Gasteiger partial charge >= 0.3 is 0 Å². The number of fused-ring (bicyclic) bond motifs is 1. The summed E-state index contributed by atoms with van der Waals surface area (Å²) in [5, 5.41) is 4.68. The van der Waals surface area contributed by atoms with Gasteiger partial charge in [-0.3, -0.25) is 4.79 Å². The monoisotopic (exact) mass is 291 g/mol. The molecule has 1 aliphatic heterocycles. The molecular weight excluding hydrogens is 277 g/mol. The number of anilines is 1. The molecule has 3 heterocycles. The molecular formula is C14H14FN3OS. The Morgan fingerprint density at radius 1 is 1.50 bits per heavy atom. The third-order valence-corrected chi connectivity index (χ3v) is 4.47. The summed E-state index contributed by atoms with van der Waals surface area (Å²) < 4.78 is 14.1. The minimum atomic E-state index is -0.587. The number of nitrogens with zero attached hydrogens (tertiary/aromatic N) is 2. The number of nitrogens with one attached hydrogen (secondary N) is 1. The van der Waals surface area contributed by atoms with Gasteiger partial charge in [-0.2, -0.15) is 0 Å². The molecule has 1 amide bonds. The van der Waals surface area contributed by atoms with Crippen LogP contribution in [0.4, 0.5) is 10.2 Å². The Hall–Kier alpha value is -1.95. The summed E-state index contributed by atoms with van der Waals surface area (Å²) in [5.74, 6) is -0.765. The van der Waals surface area contributed by atoms with Gasteiger partial charge in [-0.1, -0.05) is 0 Å². The number of carbonyl (C=O) groups is 1. The Kier molecular flexibility index (Phi) is 3.40. The molecule has 0 aliphatic carbocycles. The Labute approximate surface area is 120 Å². The zero-order valence-corrected chi connectivity index (χ0v) is 11.8. The Bertz CT molecular complexity index is 656. The highest BCUT2D eigenvalue weighted by Crippen LogP contribution is 2.26. The van der Waals surface area contributed by atoms with Gasteiger partial charge in [0.2, 0.25) is 0 Å². The molecule has 4 nitrogen and oxygen atoms in total. The fourth-order valence-corrected chi connectivity index (χ4v) is 3.27. The van der Waals surface area contributed by atoms with Crippen molar-refractivity contribution in [3.63, 3.8) is 0 Å². The van der Waals surface area contributed by atoms with Gasteiger partial charge < -0.3 is 10.2 Å². The van der Waals surface area contributed by atoms with Gasteiger partial charge in [0.15, 0.2) is 11.6 Å². The Morgan fingerprint density at radius 2 is 2.35 bits per heavy atom. The van der Waals surface area contributed by atoms with Crippen LogP contribution < -0.4 is 5.32 Å². The van der Waals surface area contributed by atoms with E-state index in [1.807, 2.05) is 11.4 Å². The molecule has 0 radical (unpaired) electrons. The van der Waals surface area contributed by atoms with Crippen LogP contribution in [0.25, 0.3) is 0 Å². The average molecular weight is 291 g/mol. The van der Waals surface area contributed by atoms with Crippen molar-refractivity contribution in [2.75, 3.05) is 18.9 Å². The fraction of sp³-hybridized carbons (Fsp3) is 0.286. The first kappa shape index (κ1) is 13.1. The number of pyridine rings is 1. The van der Waals surface area contributed by atoms with Crippen LogP contribution in [0.5, 0.6) is 0 Å². The molecule has 2 aromatic rings. The summed E-state index contributed by atoms with van der Waals surface area (Å²) in [6.07, 6.45) is 2.28. The SMILES string of the molecule is CNc1nccc(C(=O)N2CCc3sccc3C2)c1F. The van der Waals surface area contributed by atoms with Crippen molar-refractivity contribution in [2.45, 2.75) is 13.0 Å². The Morgan fingerprint density at radius 3 is 3.15 bits per heavy atom. The van der Waals surface area contributed by atoms with E-state index in [0.29, 0.717) is 13.1 Å². The van der Waals surface area contributed by atoms with E-state index in [4.69, 9.17) is 0 Å². The van der Waals surface area contributed by atoms with Crippen molar-refractivity contribution in [3.05, 3.63) is 45.5 Å². The molecule has 0 saturated heterocycles. The summed E-state index contributed by atoms with van der Waals surface area (Å²) in [5.41, 5.74) is 1.24. The van der Waals surface area contributed by atoms with Crippen LogP contribution in [0, 0.1) is 5.82 Å². The molecule has 20 heavy (non-hydrogen) atoms. The fourth-order valence-electron chi connectivity index (χ4n) is 2.38. The van der Waals surface area contributed by atoms with Gasteiger partial charge in [0, 0.05) is 31.2 Å². The van der Waals surface area contributed by atoms with Crippen LogP contribution in [-0.4, -0.2) is 29.4 Å². The first-order valence-electron chi connectivity index (χ1n) is 6.37. The maximum absolute atomic E-state index is 14.1. The normalized spacial score (nSPS) is 14.0. The molecule has 3 rings (SSSR count). The number of rotatable bonds is 2. The van der Waals surface area contributed by atoms with Crippen molar-refractivity contribution in [2.24, 2.45) is 0 Å². The summed E-state index contributed by atoms with van der Waals surface area (Å²) in [7, 11) is 1.58. The quantitative estimate of drug-likeness (QED) is 0.924. The van der Waals surface area contributed by atoms with Gasteiger partial charge in [0.1, 0.15) is 0 Å². The van der Waals surface area contributed by atoms with E-state index in [1.165, 1.54) is 17.1 Å². The van der Waals surface area contributed by atoms with Crippen molar-refractivity contribution in [1.82, 2.24) is 9.88 Å². The van der Waals surface area contributed by atoms with E-state index < -0.39 is 5.82 Å². The maximum Gasteiger partial charge on any atom is 0.257 e. The summed E-state index contributed by atoms with van der Waals surface area (Å²) in [6, 6.07) is 3.46. The highest BCUT2D eigenvalue weighted by atomic mass is 32.1. The third-order valence-electron chi connectivity index (χ3n) is 3.45. The predicted octanol–water partition coefficient (Wildman–Crippen LogP) is 2.52. The summed E-state index contributed by atoms with van der Waals surface area (Å²) >= 11 is 1.71. The number of carbonyl (C=O) groups excluding carboxylic acids is 1. The molecule has 0 bridgehead atoms. The second-order valence-corrected chi connectivity index (χ2v) is 5.62. The lowest BCUT2D eigenvalue weighted by molar-refractivity contribution is 0.0731. The van der Waals surface area contributed by atoms with Gasteiger partial charge in [0.25, 0.3) is 5.91 Å². The van der Waals surface area contributed by atoms with Crippen molar-refractivity contribution in [3.8, 4) is 0 Å². The van der Waals surface area contributed by atoms with Crippen molar-refractivity contribution >= 4 is 23.1 Å². The van der Waals surface area contributed by atoms with E-state index in [-0.39, 0.29) is 17.3 Å². The minimum Gasteiger partial charge on any atom is -0.371 e. The molecule has 0 fully saturated rings. The highest BCUT2D eigenvalue weighted by molar-refractivity contribution is 7.10. The maximum atomic E-state index is 14.1. The van der Waals surface area contributed by atoms with Crippen molar-refractivity contribution in [1.29, 1.82) is 0 Å². The second kappa shape index (κ2) is 5.20. The van der Waals surface area contributed by atoms with Gasteiger partial charge in [0.05, 0.1) is 5.56 Å². The number of aromatic nitrogens is 1. The standard InChI is InChI=1S/C14H14FN3OS/c1-16-13-12(15)10(2-5-17-13)14(19)18-6-3-11-9(8-18)4-7-20-11/h2,4-5,7H,3,6,8H2,1H3,(H,16,17). The van der Waals surface area contributed by atoms with Crippen LogP contribution >= 0.6 is 11.3 Å². The van der Waals surface area contributed by atoms with Crippen LogP contribution in [-0.2, 0) is 13.0 Å². The number of thiophene rings is 1. The molecule has 2 aromatic heterocycles. The van der Waals surface area contributed by atoms with Crippen LogP contribution in [0.3, 0.4) is 0 Å². The number of hydrogen-bond donors (Lipinski definition) is 1. The van der Waals surface area contributed by atoms with Gasteiger partial charge in [-0.15, -0.1) is 11.3 Å². The number of hydrogen-bond acceptors (Lipinski definition) is 4. The van der Waals surface area contributed by atoms with Crippen LogP contribution in [0.1, 0.15) is 20.8 Å². The summed E-state index contributed by atoms with van der Waals surface area (Å²) in [4.78, 5) is 19.3. The largest absolute Gasteiger partial charge is 0.371 e. The Balaban J connectivity index is 1.87. The topological polar surface area (TPSA) is 45.2 Å². The molecule has 0 aromatic carbocycles. The lowest BCUT2D eigenvalue weighted by atomic mass is 10.1. The lowest BCUT2D eigenvalue weighted by Crippen LogP contribution is -2.35. The third kappa shape index (κ3) is 2.16. The zero-order valence-electron chi connectivity index (χ0n) is 11.0. The molecule has 1 aliphatic rings. The molecule has 6 heteroatoms. The average Bonchev–Trinajstić information content (AvgIpc) is 2.94. The van der Waals surface area contributed by atoms with Gasteiger partial charge in [-0.25, -0.2) is 9.37 Å². The molecule has 104 valence electrons. The van der Waals surface area contributed by atoms with E-state index in [0.717, 1.165) is 12.0 Å². The predicted molar refractivity (Wildman–Crippen MR) is 76.5 cm³/mol. The summed E-state index contributed by atoms with van der Waals surface area (Å²) in [6.45, 7) is 1.18.